The zero-order chi connectivity index (χ0) is 28.9. The summed E-state index contributed by atoms with van der Waals surface area (Å²) >= 11 is 0. The summed E-state index contributed by atoms with van der Waals surface area (Å²) in [4.78, 5) is 31.5. The Morgan fingerprint density at radius 2 is 1.79 bits per heavy atom. The molecule has 3 fully saturated rings. The minimum absolute atomic E-state index is 0. The summed E-state index contributed by atoms with van der Waals surface area (Å²) in [6.45, 7) is 5.42. The third kappa shape index (κ3) is 4.38. The van der Waals surface area contributed by atoms with Crippen LogP contribution in [0.5, 0.6) is 0 Å². The number of nitrogens with one attached hydrogen (secondary N) is 1. The maximum absolute atomic E-state index is 14.0. The number of nitrogens with zero attached hydrogens (tertiary/aromatic N) is 5. The molecule has 0 bridgehead atoms. The lowest BCUT2D eigenvalue weighted by atomic mass is 9.92. The molecular weight excluding hydrogens is 573 g/mol. The van der Waals surface area contributed by atoms with Crippen molar-refractivity contribution in [2.45, 2.75) is 51.6 Å². The van der Waals surface area contributed by atoms with E-state index < -0.39 is 17.3 Å². The second-order valence-electron chi connectivity index (χ2n) is 12.2. The van der Waals surface area contributed by atoms with Crippen LogP contribution in [0.15, 0.2) is 43.0 Å². The van der Waals surface area contributed by atoms with Gasteiger partial charge in [0, 0.05) is 23.3 Å². The minimum Gasteiger partial charge on any atom is -0.388 e. The first-order valence-corrected chi connectivity index (χ1v) is 13.7. The number of benzene rings is 1. The molecule has 222 valence electrons. The van der Waals surface area contributed by atoms with Gasteiger partial charge >= 0.3 is 6.18 Å². The third-order valence-corrected chi connectivity index (χ3v) is 9.14. The Hall–Kier alpha value is -3.48. The van der Waals surface area contributed by atoms with E-state index in [9.17, 15) is 27.9 Å². The summed E-state index contributed by atoms with van der Waals surface area (Å²) in [6, 6.07) is 5.53. The van der Waals surface area contributed by atoms with Crippen molar-refractivity contribution in [2.75, 3.05) is 13.1 Å². The molecule has 1 aliphatic carbocycles. The first kappa shape index (κ1) is 28.6. The molecule has 2 aliphatic heterocycles. The lowest BCUT2D eigenvalue weighted by Gasteiger charge is -2.33. The fourth-order valence-electron chi connectivity index (χ4n) is 6.81. The fourth-order valence-corrected chi connectivity index (χ4v) is 6.81. The number of aromatic nitrogens is 4. The van der Waals surface area contributed by atoms with Crippen LogP contribution in [0.4, 0.5) is 13.2 Å². The molecule has 7 rings (SSSR count). The quantitative estimate of drug-likeness (QED) is 0.334. The fraction of sp³-hybridized carbons (Fsp3) is 0.448. The van der Waals surface area contributed by atoms with Gasteiger partial charge in [0.05, 0.1) is 52.8 Å². The van der Waals surface area contributed by atoms with Crippen molar-refractivity contribution in [3.8, 4) is 11.3 Å². The number of amides is 2. The second-order valence-corrected chi connectivity index (χ2v) is 12.2. The molecule has 9 nitrogen and oxygen atoms in total. The number of hydrogen-bond acceptors (Lipinski definition) is 6. The van der Waals surface area contributed by atoms with Gasteiger partial charge < -0.3 is 15.0 Å². The molecule has 3 aliphatic rings. The highest BCUT2D eigenvalue weighted by atomic mass is 35.5. The summed E-state index contributed by atoms with van der Waals surface area (Å²) in [5.74, 6) is -0.994. The molecule has 2 unspecified atom stereocenters. The molecule has 5 heterocycles. The molecule has 13 heteroatoms. The highest BCUT2D eigenvalue weighted by Crippen LogP contribution is 2.63. The van der Waals surface area contributed by atoms with Gasteiger partial charge in [0.1, 0.15) is 6.33 Å². The van der Waals surface area contributed by atoms with E-state index in [0.717, 1.165) is 12.1 Å². The number of carbonyl (C=O) groups is 2. The number of alkyl halides is 3. The van der Waals surface area contributed by atoms with Crippen LogP contribution >= 0.6 is 12.4 Å². The number of aliphatic hydroxyl groups is 1. The van der Waals surface area contributed by atoms with Crippen LogP contribution in [-0.2, 0) is 28.9 Å². The van der Waals surface area contributed by atoms with Gasteiger partial charge in [-0.3, -0.25) is 14.5 Å². The van der Waals surface area contributed by atoms with Crippen LogP contribution in [0.3, 0.4) is 0 Å². The number of fused-ring (bicyclic) bond motifs is 3. The maximum Gasteiger partial charge on any atom is 0.416 e. The number of hydrogen-bond donors (Lipinski definition) is 2. The topological polar surface area (TPSA) is 105 Å². The van der Waals surface area contributed by atoms with E-state index >= 15 is 0 Å². The Balaban J connectivity index is 0.00000316. The Morgan fingerprint density at radius 1 is 1.10 bits per heavy atom. The highest BCUT2D eigenvalue weighted by molar-refractivity contribution is 6.10. The Kier molecular flexibility index (Phi) is 6.49. The predicted octanol–water partition coefficient (Wildman–Crippen LogP) is 4.05. The van der Waals surface area contributed by atoms with Crippen LogP contribution in [0, 0.1) is 17.3 Å². The van der Waals surface area contributed by atoms with Gasteiger partial charge in [-0.1, -0.05) is 13.8 Å². The van der Waals surface area contributed by atoms with Gasteiger partial charge in [-0.2, -0.15) is 18.3 Å². The van der Waals surface area contributed by atoms with Crippen LogP contribution < -0.4 is 5.32 Å². The van der Waals surface area contributed by atoms with Gasteiger partial charge in [0.15, 0.2) is 0 Å². The largest absolute Gasteiger partial charge is 0.416 e. The first-order valence-electron chi connectivity index (χ1n) is 13.7. The molecule has 1 saturated carbocycles. The summed E-state index contributed by atoms with van der Waals surface area (Å²) in [5, 5.41) is 19.1. The van der Waals surface area contributed by atoms with Crippen molar-refractivity contribution in [2.24, 2.45) is 17.3 Å². The molecule has 42 heavy (non-hydrogen) atoms. The summed E-state index contributed by atoms with van der Waals surface area (Å²) in [5.41, 5.74) is 0.00623. The van der Waals surface area contributed by atoms with Crippen LogP contribution in [-0.4, -0.2) is 59.7 Å². The van der Waals surface area contributed by atoms with Crippen molar-refractivity contribution in [1.82, 2.24) is 29.4 Å². The molecule has 3 aromatic heterocycles. The van der Waals surface area contributed by atoms with E-state index in [2.05, 4.69) is 15.4 Å². The number of halogens is 4. The van der Waals surface area contributed by atoms with Crippen molar-refractivity contribution >= 4 is 40.6 Å². The van der Waals surface area contributed by atoms with E-state index in [-0.39, 0.29) is 65.8 Å². The van der Waals surface area contributed by atoms with Gasteiger partial charge in [0.2, 0.25) is 11.8 Å². The average Bonchev–Trinajstić information content (AvgIpc) is 3.26. The number of rotatable bonds is 5. The zero-order valence-corrected chi connectivity index (χ0v) is 23.8. The van der Waals surface area contributed by atoms with Crippen molar-refractivity contribution < 1.29 is 27.9 Å². The molecule has 2 amide bonds. The van der Waals surface area contributed by atoms with E-state index in [1.165, 1.54) is 15.7 Å². The van der Waals surface area contributed by atoms with Crippen LogP contribution in [0.25, 0.3) is 27.7 Å². The summed E-state index contributed by atoms with van der Waals surface area (Å²) in [6.07, 6.45) is 1.10. The number of imide groups is 1. The van der Waals surface area contributed by atoms with E-state index in [4.69, 9.17) is 0 Å². The number of carbonyl (C=O) groups excluding carboxylic acids is 2. The van der Waals surface area contributed by atoms with Gasteiger partial charge in [-0.05, 0) is 61.2 Å². The van der Waals surface area contributed by atoms with Gasteiger partial charge in [-0.25, -0.2) is 9.50 Å². The normalized spacial score (nSPS) is 23.0. The molecule has 2 atom stereocenters. The first-order chi connectivity index (χ1) is 19.4. The average molecular weight is 603 g/mol. The van der Waals surface area contributed by atoms with E-state index in [0.29, 0.717) is 47.9 Å². The zero-order valence-electron chi connectivity index (χ0n) is 23.0. The Morgan fingerprint density at radius 3 is 2.45 bits per heavy atom. The molecule has 0 radical (unpaired) electrons. The van der Waals surface area contributed by atoms with Gasteiger partial charge in [-0.15, -0.1) is 12.4 Å². The lowest BCUT2D eigenvalue weighted by molar-refractivity contribution is -0.144. The standard InChI is InChI=1S/C29H29F3N6O3.ClH/c1-27(2)21-22(27)26(40)37(25(21)39)12-16-9-20-23(34-15-35-38(20)13-16)19-11-18(29(30,31)32)10-17-3-8-36(24(17)19)14-28(41)4-6-33-7-5-28;/h3,8-11,13,15,21-22,33,41H,4-7,12,14H2,1-2H3;1H. The SMILES string of the molecule is CC1(C)C2C(=O)N(Cc3cc4c(-c5cc(C(F)(F)F)cc6ccn(CC7(O)CCNCC7)c56)ncnn4c3)C(=O)C21.Cl. The predicted molar refractivity (Wildman–Crippen MR) is 150 cm³/mol. The lowest BCUT2D eigenvalue weighted by Crippen LogP contribution is -2.44. The second kappa shape index (κ2) is 9.51. The van der Waals surface area contributed by atoms with Crippen molar-refractivity contribution in [1.29, 1.82) is 0 Å². The molecule has 2 saturated heterocycles. The minimum atomic E-state index is -4.58. The van der Waals surface area contributed by atoms with Crippen molar-refractivity contribution in [3.05, 3.63) is 54.1 Å². The van der Waals surface area contributed by atoms with E-state index in [1.807, 2.05) is 13.8 Å². The molecule has 2 N–H and O–H groups in total. The van der Waals surface area contributed by atoms with Crippen LogP contribution in [0.1, 0.15) is 37.8 Å². The summed E-state index contributed by atoms with van der Waals surface area (Å²) < 4.78 is 45.3. The van der Waals surface area contributed by atoms with Gasteiger partial charge in [0.25, 0.3) is 0 Å². The Bertz CT molecular complexity index is 1720. The molecular formula is C29H30ClF3N6O3. The number of piperidine rings is 2. The third-order valence-electron chi connectivity index (χ3n) is 9.14. The van der Waals surface area contributed by atoms with Crippen molar-refractivity contribution in [3.63, 3.8) is 0 Å². The Labute approximate surface area is 245 Å². The molecule has 4 aromatic rings. The van der Waals surface area contributed by atoms with E-state index in [1.54, 1.807) is 29.1 Å². The summed E-state index contributed by atoms with van der Waals surface area (Å²) in [7, 11) is 0. The monoisotopic (exact) mass is 602 g/mol. The highest BCUT2D eigenvalue weighted by Gasteiger charge is 2.72. The molecule has 1 aromatic carbocycles. The number of likely N-dealkylation sites (tertiary alicyclic amines) is 1. The maximum atomic E-state index is 14.0. The molecule has 0 spiro atoms. The smallest absolute Gasteiger partial charge is 0.388 e. The van der Waals surface area contributed by atoms with Crippen LogP contribution in [0.2, 0.25) is 0 Å².